The van der Waals surface area contributed by atoms with Crippen LogP contribution < -0.4 is 0 Å². The summed E-state index contributed by atoms with van der Waals surface area (Å²) in [5, 5.41) is 4.61. The summed E-state index contributed by atoms with van der Waals surface area (Å²) in [6.45, 7) is 8.38. The van der Waals surface area contributed by atoms with E-state index in [1.54, 1.807) is 0 Å². The highest BCUT2D eigenvalue weighted by molar-refractivity contribution is 6.09. The third-order valence-electron chi connectivity index (χ3n) is 9.33. The van der Waals surface area contributed by atoms with Crippen LogP contribution in [0, 0.1) is 0 Å². The van der Waals surface area contributed by atoms with Gasteiger partial charge in [0.2, 0.25) is 0 Å². The molecule has 0 spiro atoms. The molecule has 2 heterocycles. The molecule has 236 valence electrons. The van der Waals surface area contributed by atoms with Gasteiger partial charge < -0.3 is 4.42 Å². The SMILES string of the molecule is C=Cc1nc(-c2cc(/C=C\CC)c3oc4cc(-c5ccc(-c6ccc7ccccc7c6)cc5)ccc4c3c2)nc(-c2ccccc2)c1CC. The minimum atomic E-state index is 0.677. The predicted molar refractivity (Wildman–Crippen MR) is 207 cm³/mol. The number of hydrogen-bond acceptors (Lipinski definition) is 3. The van der Waals surface area contributed by atoms with Crippen LogP contribution >= 0.6 is 0 Å². The van der Waals surface area contributed by atoms with Crippen LogP contribution in [0.4, 0.5) is 0 Å². The number of allylic oxidation sites excluding steroid dienone is 1. The molecule has 8 aromatic rings. The Morgan fingerprint density at radius 1 is 0.612 bits per heavy atom. The molecule has 0 atom stereocenters. The lowest BCUT2D eigenvalue weighted by molar-refractivity contribution is 0.668. The monoisotopic (exact) mass is 632 g/mol. The molecular weight excluding hydrogens is 597 g/mol. The second kappa shape index (κ2) is 12.9. The molecule has 0 aliphatic rings. The Morgan fingerprint density at radius 2 is 1.31 bits per heavy atom. The number of aromatic nitrogens is 2. The lowest BCUT2D eigenvalue weighted by Crippen LogP contribution is -2.02. The van der Waals surface area contributed by atoms with Crippen molar-refractivity contribution in [2.45, 2.75) is 26.7 Å². The minimum Gasteiger partial charge on any atom is -0.455 e. The van der Waals surface area contributed by atoms with Gasteiger partial charge >= 0.3 is 0 Å². The van der Waals surface area contributed by atoms with Crippen molar-refractivity contribution >= 4 is 44.9 Å². The van der Waals surface area contributed by atoms with Crippen molar-refractivity contribution < 1.29 is 4.42 Å². The molecule has 0 fully saturated rings. The van der Waals surface area contributed by atoms with E-state index in [-0.39, 0.29) is 0 Å². The number of hydrogen-bond donors (Lipinski definition) is 0. The van der Waals surface area contributed by atoms with E-state index >= 15 is 0 Å². The lowest BCUT2D eigenvalue weighted by atomic mass is 9.97. The zero-order valence-corrected chi connectivity index (χ0v) is 27.8. The zero-order valence-electron chi connectivity index (χ0n) is 27.8. The molecule has 0 saturated heterocycles. The fraction of sp³-hybridized carbons (Fsp3) is 0.0870. The van der Waals surface area contributed by atoms with Crippen LogP contribution in [0.2, 0.25) is 0 Å². The molecule has 49 heavy (non-hydrogen) atoms. The van der Waals surface area contributed by atoms with Crippen LogP contribution in [-0.2, 0) is 6.42 Å². The van der Waals surface area contributed by atoms with E-state index in [0.29, 0.717) is 5.82 Å². The van der Waals surface area contributed by atoms with Crippen LogP contribution in [0.25, 0.3) is 89.8 Å². The van der Waals surface area contributed by atoms with Crippen molar-refractivity contribution in [3.05, 3.63) is 157 Å². The summed E-state index contributed by atoms with van der Waals surface area (Å²) in [4.78, 5) is 10.2. The molecule has 3 heteroatoms. The van der Waals surface area contributed by atoms with E-state index in [0.717, 1.165) is 79.5 Å². The molecule has 0 aliphatic carbocycles. The standard InChI is InChI=1S/C46H36N2O/c1-4-7-13-37-27-38(46-47-42(6-3)39(5-2)44(48-46)33-15-9-8-10-16-33)28-41-40-25-24-36(29-43(40)49-45(37)41)32-20-18-31(19-21-32)35-23-22-30-14-11-12-17-34(30)26-35/h6-29H,3-5H2,1-2H3/b13-7-. The second-order valence-corrected chi connectivity index (χ2v) is 12.4. The normalized spacial score (nSPS) is 11.6. The van der Waals surface area contributed by atoms with Crippen molar-refractivity contribution in [1.29, 1.82) is 0 Å². The number of rotatable bonds is 8. The van der Waals surface area contributed by atoms with Gasteiger partial charge in [-0.15, -0.1) is 0 Å². The fourth-order valence-electron chi connectivity index (χ4n) is 6.79. The molecule has 0 radical (unpaired) electrons. The van der Waals surface area contributed by atoms with E-state index in [1.165, 1.54) is 21.9 Å². The maximum absolute atomic E-state index is 6.63. The highest BCUT2D eigenvalue weighted by Gasteiger charge is 2.18. The van der Waals surface area contributed by atoms with Crippen molar-refractivity contribution in [3.63, 3.8) is 0 Å². The van der Waals surface area contributed by atoms with Crippen molar-refractivity contribution in [3.8, 4) is 44.9 Å². The number of benzene rings is 6. The third kappa shape index (κ3) is 5.64. The summed E-state index contributed by atoms with van der Waals surface area (Å²) >= 11 is 0. The number of nitrogens with zero attached hydrogens (tertiary/aromatic N) is 2. The Labute approximate surface area is 286 Å². The average Bonchev–Trinajstić information content (AvgIpc) is 3.54. The Kier molecular flexibility index (Phi) is 7.95. The minimum absolute atomic E-state index is 0.677. The van der Waals surface area contributed by atoms with E-state index < -0.39 is 0 Å². The first kappa shape index (κ1) is 30.3. The van der Waals surface area contributed by atoms with Crippen molar-refractivity contribution in [2.24, 2.45) is 0 Å². The highest BCUT2D eigenvalue weighted by atomic mass is 16.3. The molecule has 0 saturated carbocycles. The van der Waals surface area contributed by atoms with Gasteiger partial charge in [0, 0.05) is 33.0 Å². The molecule has 0 N–H and O–H groups in total. The summed E-state index contributed by atoms with van der Waals surface area (Å²) in [6.07, 6.45) is 7.89. The van der Waals surface area contributed by atoms with Gasteiger partial charge in [-0.05, 0) is 82.3 Å². The van der Waals surface area contributed by atoms with Crippen molar-refractivity contribution in [2.75, 3.05) is 0 Å². The molecule has 6 aromatic carbocycles. The first-order chi connectivity index (χ1) is 24.1. The molecular formula is C46H36N2O. The zero-order chi connectivity index (χ0) is 33.3. The molecule has 0 aliphatic heterocycles. The van der Waals surface area contributed by atoms with E-state index in [2.05, 4.69) is 154 Å². The summed E-state index contributed by atoms with van der Waals surface area (Å²) in [7, 11) is 0. The molecule has 8 rings (SSSR count). The quantitative estimate of drug-likeness (QED) is 0.167. The lowest BCUT2D eigenvalue weighted by Gasteiger charge is -2.13. The molecule has 3 nitrogen and oxygen atoms in total. The van der Waals surface area contributed by atoms with Gasteiger partial charge in [0.15, 0.2) is 5.82 Å². The van der Waals surface area contributed by atoms with Crippen LogP contribution in [-0.4, -0.2) is 9.97 Å². The first-order valence-corrected chi connectivity index (χ1v) is 17.0. The first-order valence-electron chi connectivity index (χ1n) is 17.0. The molecule has 0 unspecified atom stereocenters. The highest BCUT2D eigenvalue weighted by Crippen LogP contribution is 2.38. The van der Waals surface area contributed by atoms with E-state index in [1.807, 2.05) is 12.1 Å². The molecule has 2 aromatic heterocycles. The van der Waals surface area contributed by atoms with Gasteiger partial charge in [0.05, 0.1) is 11.4 Å². The smallest absolute Gasteiger partial charge is 0.160 e. The number of fused-ring (bicyclic) bond motifs is 4. The maximum Gasteiger partial charge on any atom is 0.160 e. The Hall–Kier alpha value is -6.06. The van der Waals surface area contributed by atoms with Crippen LogP contribution in [0.3, 0.4) is 0 Å². The third-order valence-corrected chi connectivity index (χ3v) is 9.33. The Balaban J connectivity index is 1.22. The van der Waals surface area contributed by atoms with Gasteiger partial charge in [0.1, 0.15) is 11.2 Å². The van der Waals surface area contributed by atoms with Gasteiger partial charge in [-0.2, -0.15) is 0 Å². The molecule has 0 amide bonds. The van der Waals surface area contributed by atoms with Gasteiger partial charge in [-0.25, -0.2) is 9.97 Å². The van der Waals surface area contributed by atoms with Crippen LogP contribution in [0.5, 0.6) is 0 Å². The Morgan fingerprint density at radius 3 is 2.04 bits per heavy atom. The summed E-state index contributed by atoms with van der Waals surface area (Å²) < 4.78 is 6.63. The number of furan rings is 1. The van der Waals surface area contributed by atoms with Gasteiger partial charge in [-0.1, -0.05) is 130 Å². The Bertz CT molecular complexity index is 2520. The summed E-state index contributed by atoms with van der Waals surface area (Å²) in [5.74, 6) is 0.677. The largest absolute Gasteiger partial charge is 0.455 e. The van der Waals surface area contributed by atoms with Crippen LogP contribution in [0.1, 0.15) is 37.1 Å². The van der Waals surface area contributed by atoms with Crippen LogP contribution in [0.15, 0.2) is 144 Å². The fourth-order valence-corrected chi connectivity index (χ4v) is 6.79. The van der Waals surface area contributed by atoms with E-state index in [4.69, 9.17) is 14.4 Å². The predicted octanol–water partition coefficient (Wildman–Crippen LogP) is 12.8. The topological polar surface area (TPSA) is 38.9 Å². The second-order valence-electron chi connectivity index (χ2n) is 12.4. The maximum atomic E-state index is 6.63. The molecule has 0 bridgehead atoms. The summed E-state index contributed by atoms with van der Waals surface area (Å²) in [5.41, 5.74) is 12.3. The summed E-state index contributed by atoms with van der Waals surface area (Å²) in [6, 6.07) is 45.1. The van der Waals surface area contributed by atoms with E-state index in [9.17, 15) is 0 Å². The average molecular weight is 633 g/mol. The van der Waals surface area contributed by atoms with Crippen molar-refractivity contribution in [1.82, 2.24) is 9.97 Å². The van der Waals surface area contributed by atoms with Gasteiger partial charge in [-0.3, -0.25) is 0 Å². The van der Waals surface area contributed by atoms with Gasteiger partial charge in [0.25, 0.3) is 0 Å².